The molecule has 0 saturated carbocycles. The Hall–Kier alpha value is 0.949. The molecule has 0 aliphatic carbocycles. The van der Waals surface area contributed by atoms with Crippen LogP contribution in [-0.2, 0) is 6.51 Å². The Balaban J connectivity index is 1.46. The van der Waals surface area contributed by atoms with Gasteiger partial charge >= 0.3 is 94.4 Å². The Labute approximate surface area is 94.3 Å². The van der Waals surface area contributed by atoms with Crippen LogP contribution in [0.2, 0.25) is 47.7 Å². The van der Waals surface area contributed by atoms with Crippen LogP contribution in [0.5, 0.6) is 0 Å². The minimum atomic E-state index is -2.63. The van der Waals surface area contributed by atoms with Crippen molar-refractivity contribution in [2.75, 3.05) is 18.5 Å². The van der Waals surface area contributed by atoms with Crippen LogP contribution < -0.4 is 0 Å². The third-order valence-electron chi connectivity index (χ3n) is 16.3. The molecule has 4 unspecified atom stereocenters. The molecule has 10 saturated heterocycles. The number of fused-ring (bicyclic) bond motifs is 10. The van der Waals surface area contributed by atoms with Crippen LogP contribution in [0.1, 0.15) is 13.8 Å². The van der Waals surface area contributed by atoms with E-state index in [1.165, 1.54) is 4.31 Å². The molecule has 0 aromatic heterocycles. The van der Waals surface area contributed by atoms with Crippen LogP contribution in [-0.4, -0.2) is 18.5 Å². The molecule has 0 aromatic rings. The van der Waals surface area contributed by atoms with E-state index in [1.807, 2.05) is 6.16 Å². The molecule has 10 heterocycles. The number of hydrogen-bond donors (Lipinski definition) is 0. The van der Waals surface area contributed by atoms with Crippen molar-refractivity contribution in [1.82, 2.24) is 0 Å². The summed E-state index contributed by atoms with van der Waals surface area (Å²) in [6, 6.07) is 0. The van der Waals surface area contributed by atoms with Gasteiger partial charge in [-0.2, -0.15) is 0 Å². The van der Waals surface area contributed by atoms with E-state index in [-0.39, 0.29) is 0 Å². The monoisotopic (exact) mass is 288 g/mol. The molecule has 2 heteroatoms. The van der Waals surface area contributed by atoms with Crippen LogP contribution in [0, 0.1) is 0 Å². The Bertz CT molecular complexity index is 845. The minimum absolute atomic E-state index is 0.473. The molecule has 0 aromatic carbocycles. The second-order valence-corrected chi connectivity index (χ2v) is 37.9. The maximum absolute atomic E-state index is 2.63. The topological polar surface area (TPSA) is 0 Å². The first-order valence-corrected chi connectivity index (χ1v) is 16.2. The van der Waals surface area contributed by atoms with E-state index in [4.69, 9.17) is 0 Å². The normalized spacial score (nSPS) is 120. The molecule has 10 rings (SSSR count). The maximum atomic E-state index is 2.50. The van der Waals surface area contributed by atoms with Crippen molar-refractivity contribution in [2.24, 2.45) is 0 Å². The molecular formula is C15H21FeP. The van der Waals surface area contributed by atoms with Crippen molar-refractivity contribution in [1.29, 1.82) is 0 Å². The van der Waals surface area contributed by atoms with Crippen molar-refractivity contribution in [2.45, 2.75) is 61.5 Å². The zero-order chi connectivity index (χ0) is 10.7. The summed E-state index contributed by atoms with van der Waals surface area (Å²) in [6.07, 6.45) is 4.97. The van der Waals surface area contributed by atoms with E-state index in [0.29, 0.717) is 7.92 Å². The van der Waals surface area contributed by atoms with E-state index in [2.05, 4.69) is 13.8 Å². The SMILES string of the molecule is CCP(CC)C[C]12[CH]3[CH]4[CH]5[CH]1[Fe]45321678[CH]2[CH]1[CH]6[CH]7[CH]28. The van der Waals surface area contributed by atoms with Crippen molar-refractivity contribution >= 4 is 7.92 Å². The van der Waals surface area contributed by atoms with Crippen molar-refractivity contribution in [3.63, 3.8) is 0 Å². The standard InChI is InChI=1S/C10H16P.C5H5.Fe/c1-3-11(4-2)9-10-7-5-6-8-10;1-2-4-5-3-1;/h5-8H,3-4,9H2,1-2H3;1-5H;. The van der Waals surface area contributed by atoms with Crippen molar-refractivity contribution in [3.8, 4) is 0 Å². The molecule has 94 valence electrons. The zero-order valence-corrected chi connectivity index (χ0v) is 12.6. The summed E-state index contributed by atoms with van der Waals surface area (Å²) >= 11 is 0. The van der Waals surface area contributed by atoms with E-state index in [0.717, 1.165) is 0 Å². The molecule has 0 N–H and O–H groups in total. The van der Waals surface area contributed by atoms with Gasteiger partial charge in [0.2, 0.25) is 0 Å². The van der Waals surface area contributed by atoms with Gasteiger partial charge in [-0.3, -0.25) is 0 Å². The third kappa shape index (κ3) is 0.0762. The van der Waals surface area contributed by atoms with Gasteiger partial charge in [0.25, 0.3) is 0 Å². The van der Waals surface area contributed by atoms with Gasteiger partial charge in [0.15, 0.2) is 0 Å². The first kappa shape index (κ1) is 7.10. The predicted molar refractivity (Wildman–Crippen MR) is 69.3 cm³/mol. The molecule has 0 radical (unpaired) electrons. The molecule has 1 spiro atoms. The van der Waals surface area contributed by atoms with Gasteiger partial charge in [-0.1, -0.05) is 0 Å². The van der Waals surface area contributed by atoms with Gasteiger partial charge < -0.3 is 0 Å². The third-order valence-corrected chi connectivity index (χ3v) is 62.4. The van der Waals surface area contributed by atoms with Gasteiger partial charge in [-0.25, -0.2) is 0 Å². The summed E-state index contributed by atoms with van der Waals surface area (Å²) < 4.78 is 1.25. The van der Waals surface area contributed by atoms with Crippen LogP contribution >= 0.6 is 7.92 Å². The van der Waals surface area contributed by atoms with Gasteiger partial charge in [0.05, 0.1) is 0 Å². The molecular weight excluding hydrogens is 267 g/mol. The Morgan fingerprint density at radius 1 is 0.824 bits per heavy atom. The molecule has 10 aliphatic heterocycles. The summed E-state index contributed by atoms with van der Waals surface area (Å²) in [7, 11) is 0.473. The average Bonchev–Trinajstić information content (AvgIpc) is 3.27. The van der Waals surface area contributed by atoms with Crippen molar-refractivity contribution in [3.05, 3.63) is 0 Å². The predicted octanol–water partition coefficient (Wildman–Crippen LogP) is 5.27. The Kier molecular flexibility index (Phi) is 0.250. The van der Waals surface area contributed by atoms with Gasteiger partial charge in [0, 0.05) is 0 Å². The number of hydrogen-bond acceptors (Lipinski definition) is 0. The first-order valence-electron chi connectivity index (χ1n) is 7.97. The molecule has 10 aliphatic rings. The molecule has 10 fully saturated rings. The molecule has 0 nitrogen and oxygen atoms in total. The summed E-state index contributed by atoms with van der Waals surface area (Å²) in [6.45, 7) is 2.37. The molecule has 0 bridgehead atoms. The molecule has 0 amide bonds. The summed E-state index contributed by atoms with van der Waals surface area (Å²) in [5, 5.41) is 0. The quantitative estimate of drug-likeness (QED) is 0.488. The fourth-order valence-corrected chi connectivity index (χ4v) is 97.8. The van der Waals surface area contributed by atoms with Crippen LogP contribution in [0.15, 0.2) is 0 Å². The van der Waals surface area contributed by atoms with Crippen LogP contribution in [0.3, 0.4) is 0 Å². The molecule has 17 heavy (non-hydrogen) atoms. The van der Waals surface area contributed by atoms with Crippen LogP contribution in [0.4, 0.5) is 0 Å². The van der Waals surface area contributed by atoms with Crippen LogP contribution in [0.25, 0.3) is 0 Å². The van der Waals surface area contributed by atoms with Gasteiger partial charge in [-0.15, -0.1) is 0 Å². The summed E-state index contributed by atoms with van der Waals surface area (Å²) in [5.74, 6) is 0. The van der Waals surface area contributed by atoms with Crippen molar-refractivity contribution < 1.29 is 6.51 Å². The fourth-order valence-electron chi connectivity index (χ4n) is 17.9. The number of rotatable bonds is 4. The average molecular weight is 288 g/mol. The molecule has 4 atom stereocenters. The van der Waals surface area contributed by atoms with E-state index in [1.54, 1.807) is 55.7 Å². The zero-order valence-electron chi connectivity index (χ0n) is 10.6. The second-order valence-electron chi connectivity index (χ2n) is 11.3. The summed E-state index contributed by atoms with van der Waals surface area (Å²) in [4.78, 5) is 14.1. The van der Waals surface area contributed by atoms with Gasteiger partial charge in [-0.05, 0) is 0 Å². The Morgan fingerprint density at radius 2 is 1.29 bits per heavy atom. The van der Waals surface area contributed by atoms with Gasteiger partial charge in [0.1, 0.15) is 0 Å². The van der Waals surface area contributed by atoms with E-state index >= 15 is 0 Å². The second kappa shape index (κ2) is 0.597. The van der Waals surface area contributed by atoms with E-state index in [9.17, 15) is 0 Å². The summed E-state index contributed by atoms with van der Waals surface area (Å²) in [5.41, 5.74) is 0. The Morgan fingerprint density at radius 3 is 1.53 bits per heavy atom. The first-order chi connectivity index (χ1) is 8.04. The van der Waals surface area contributed by atoms with E-state index < -0.39 is 6.51 Å². The fraction of sp³-hybridized carbons (Fsp3) is 1.00.